The Kier molecular flexibility index (Phi) is 4.82. The molecule has 2 aliphatic rings. The number of nitrogens with one attached hydrogen (secondary N) is 1. The fraction of sp³-hybridized carbons (Fsp3) is 0.667. The molecule has 2 aliphatic heterocycles. The van der Waals surface area contributed by atoms with E-state index in [2.05, 4.69) is 15.2 Å². The molecule has 0 spiro atoms. The van der Waals surface area contributed by atoms with E-state index in [1.807, 2.05) is 6.07 Å². The highest BCUT2D eigenvalue weighted by Crippen LogP contribution is 2.27. The summed E-state index contributed by atoms with van der Waals surface area (Å²) in [6.07, 6.45) is 6.45. The third kappa shape index (κ3) is 3.28. The van der Waals surface area contributed by atoms with Crippen molar-refractivity contribution in [2.75, 3.05) is 13.1 Å². The summed E-state index contributed by atoms with van der Waals surface area (Å²) in [5, 5.41) is 4.89. The van der Waals surface area contributed by atoms with Crippen molar-refractivity contribution in [3.8, 4) is 0 Å². The molecule has 20 heavy (non-hydrogen) atoms. The van der Waals surface area contributed by atoms with E-state index in [4.69, 9.17) is 23.2 Å². The van der Waals surface area contributed by atoms with Gasteiger partial charge in [0.2, 0.25) is 0 Å². The van der Waals surface area contributed by atoms with Crippen LogP contribution >= 0.6 is 23.2 Å². The second-order valence-corrected chi connectivity index (χ2v) is 6.59. The predicted octanol–water partition coefficient (Wildman–Crippen LogP) is 3.49. The first-order valence-corrected chi connectivity index (χ1v) is 8.28. The highest BCUT2D eigenvalue weighted by atomic mass is 35.5. The van der Waals surface area contributed by atoms with Gasteiger partial charge >= 0.3 is 0 Å². The number of hydrogen-bond acceptors (Lipinski definition) is 3. The highest BCUT2D eigenvalue weighted by molar-refractivity contribution is 6.32. The molecule has 1 aromatic rings. The number of nitrogens with zero attached hydrogens (tertiary/aromatic N) is 2. The fourth-order valence-electron chi connectivity index (χ4n) is 3.47. The Morgan fingerprint density at radius 2 is 2.10 bits per heavy atom. The zero-order chi connectivity index (χ0) is 13.9. The topological polar surface area (TPSA) is 28.2 Å². The highest BCUT2D eigenvalue weighted by Gasteiger charge is 2.31. The van der Waals surface area contributed by atoms with Gasteiger partial charge in [0.1, 0.15) is 5.15 Å². The van der Waals surface area contributed by atoms with E-state index in [0.717, 1.165) is 30.4 Å². The van der Waals surface area contributed by atoms with Gasteiger partial charge in [0.15, 0.2) is 0 Å². The van der Waals surface area contributed by atoms with Crippen LogP contribution in [0.15, 0.2) is 12.1 Å². The van der Waals surface area contributed by atoms with Gasteiger partial charge in [-0.1, -0.05) is 29.6 Å². The van der Waals surface area contributed by atoms with Gasteiger partial charge in [-0.25, -0.2) is 4.98 Å². The minimum absolute atomic E-state index is 0.525. The van der Waals surface area contributed by atoms with E-state index < -0.39 is 0 Å². The van der Waals surface area contributed by atoms with Crippen LogP contribution in [0, 0.1) is 0 Å². The first-order valence-electron chi connectivity index (χ1n) is 7.52. The lowest BCUT2D eigenvalue weighted by atomic mass is 9.94. The van der Waals surface area contributed by atoms with Crippen molar-refractivity contribution in [1.82, 2.24) is 15.2 Å². The van der Waals surface area contributed by atoms with Crippen molar-refractivity contribution < 1.29 is 0 Å². The summed E-state index contributed by atoms with van der Waals surface area (Å²) in [6.45, 7) is 3.10. The molecule has 1 aromatic heterocycles. The molecule has 3 heterocycles. The molecule has 1 N–H and O–H groups in total. The standard InChI is InChI=1S/C15H21Cl2N3/c16-11-6-7-15(17)19-13(11)10-20-9-2-1-5-14(20)12-4-3-8-18-12/h6-7,12,14,18H,1-5,8-10H2. The van der Waals surface area contributed by atoms with Crippen LogP contribution in [0.25, 0.3) is 0 Å². The Morgan fingerprint density at radius 1 is 1.20 bits per heavy atom. The summed E-state index contributed by atoms with van der Waals surface area (Å²) in [6, 6.07) is 4.84. The van der Waals surface area contributed by atoms with E-state index in [1.54, 1.807) is 6.07 Å². The minimum Gasteiger partial charge on any atom is -0.312 e. The molecule has 2 unspecified atom stereocenters. The van der Waals surface area contributed by atoms with E-state index in [0.29, 0.717) is 17.2 Å². The molecule has 110 valence electrons. The van der Waals surface area contributed by atoms with Gasteiger partial charge in [-0.2, -0.15) is 0 Å². The van der Waals surface area contributed by atoms with Crippen LogP contribution in [-0.4, -0.2) is 35.1 Å². The summed E-state index contributed by atoms with van der Waals surface area (Å²) < 4.78 is 0. The maximum absolute atomic E-state index is 6.26. The number of rotatable bonds is 3. The molecule has 0 aliphatic carbocycles. The third-order valence-corrected chi connectivity index (χ3v) is 5.02. The van der Waals surface area contributed by atoms with Crippen LogP contribution in [0.4, 0.5) is 0 Å². The number of aromatic nitrogens is 1. The molecular weight excluding hydrogens is 293 g/mol. The molecule has 0 radical (unpaired) electrons. The fourth-order valence-corrected chi connectivity index (χ4v) is 3.80. The molecule has 3 rings (SSSR count). The molecule has 0 saturated carbocycles. The summed E-state index contributed by atoms with van der Waals surface area (Å²) in [4.78, 5) is 6.94. The van der Waals surface area contributed by atoms with Crippen LogP contribution < -0.4 is 5.32 Å². The van der Waals surface area contributed by atoms with Crippen LogP contribution in [0.1, 0.15) is 37.8 Å². The summed E-state index contributed by atoms with van der Waals surface area (Å²) >= 11 is 12.3. The van der Waals surface area contributed by atoms with E-state index in [1.165, 1.54) is 32.1 Å². The average molecular weight is 314 g/mol. The summed E-state index contributed by atoms with van der Waals surface area (Å²) in [5.41, 5.74) is 0.907. The minimum atomic E-state index is 0.525. The van der Waals surface area contributed by atoms with Crippen molar-refractivity contribution >= 4 is 23.2 Å². The Hall–Kier alpha value is -0.350. The maximum atomic E-state index is 6.26. The lowest BCUT2D eigenvalue weighted by Crippen LogP contribution is -2.49. The van der Waals surface area contributed by atoms with Crippen molar-refractivity contribution in [2.24, 2.45) is 0 Å². The molecule has 0 bridgehead atoms. The van der Waals surface area contributed by atoms with E-state index in [-0.39, 0.29) is 0 Å². The Labute approximate surface area is 130 Å². The number of halogens is 2. The molecule has 3 nitrogen and oxygen atoms in total. The van der Waals surface area contributed by atoms with Crippen molar-refractivity contribution in [3.05, 3.63) is 28.0 Å². The Balaban J connectivity index is 1.74. The SMILES string of the molecule is Clc1ccc(Cl)c(CN2CCCCC2C2CCCN2)n1. The number of pyridine rings is 1. The zero-order valence-corrected chi connectivity index (χ0v) is 13.1. The van der Waals surface area contributed by atoms with E-state index >= 15 is 0 Å². The van der Waals surface area contributed by atoms with Gasteiger partial charge in [0.05, 0.1) is 10.7 Å². The second kappa shape index (κ2) is 6.61. The Morgan fingerprint density at radius 3 is 2.90 bits per heavy atom. The number of piperidine rings is 1. The third-order valence-electron chi connectivity index (χ3n) is 4.46. The molecule has 2 fully saturated rings. The first-order chi connectivity index (χ1) is 9.74. The molecule has 0 amide bonds. The summed E-state index contributed by atoms with van der Waals surface area (Å²) in [7, 11) is 0. The molecule has 5 heteroatoms. The Bertz CT molecular complexity index is 460. The number of likely N-dealkylation sites (tertiary alicyclic amines) is 1. The van der Waals surface area contributed by atoms with Gasteiger partial charge in [0.25, 0.3) is 0 Å². The molecule has 2 saturated heterocycles. The van der Waals surface area contributed by atoms with Crippen molar-refractivity contribution in [3.63, 3.8) is 0 Å². The van der Waals surface area contributed by atoms with Crippen LogP contribution in [0.3, 0.4) is 0 Å². The quantitative estimate of drug-likeness (QED) is 0.866. The predicted molar refractivity (Wildman–Crippen MR) is 83.3 cm³/mol. The van der Waals surface area contributed by atoms with Gasteiger partial charge in [0, 0.05) is 18.6 Å². The molecule has 0 aromatic carbocycles. The molecule has 2 atom stereocenters. The smallest absolute Gasteiger partial charge is 0.129 e. The van der Waals surface area contributed by atoms with Crippen LogP contribution in [0.2, 0.25) is 10.2 Å². The van der Waals surface area contributed by atoms with Gasteiger partial charge < -0.3 is 5.32 Å². The van der Waals surface area contributed by atoms with Crippen molar-refractivity contribution in [2.45, 2.75) is 50.7 Å². The van der Waals surface area contributed by atoms with Gasteiger partial charge in [-0.05, 0) is 50.9 Å². The maximum Gasteiger partial charge on any atom is 0.129 e. The number of hydrogen-bond donors (Lipinski definition) is 1. The second-order valence-electron chi connectivity index (χ2n) is 5.80. The average Bonchev–Trinajstić information content (AvgIpc) is 2.97. The molecular formula is C15H21Cl2N3. The monoisotopic (exact) mass is 313 g/mol. The largest absolute Gasteiger partial charge is 0.312 e. The van der Waals surface area contributed by atoms with Crippen LogP contribution in [-0.2, 0) is 6.54 Å². The van der Waals surface area contributed by atoms with E-state index in [9.17, 15) is 0 Å². The normalized spacial score (nSPS) is 27.9. The zero-order valence-electron chi connectivity index (χ0n) is 11.6. The lowest BCUT2D eigenvalue weighted by Gasteiger charge is -2.39. The first kappa shape index (κ1) is 14.6. The summed E-state index contributed by atoms with van der Waals surface area (Å²) in [5.74, 6) is 0. The van der Waals surface area contributed by atoms with Gasteiger partial charge in [-0.15, -0.1) is 0 Å². The lowest BCUT2D eigenvalue weighted by molar-refractivity contribution is 0.111. The van der Waals surface area contributed by atoms with Crippen molar-refractivity contribution in [1.29, 1.82) is 0 Å². The van der Waals surface area contributed by atoms with Crippen LogP contribution in [0.5, 0.6) is 0 Å². The van der Waals surface area contributed by atoms with Gasteiger partial charge in [-0.3, -0.25) is 4.90 Å².